The summed E-state index contributed by atoms with van der Waals surface area (Å²) in [5, 5.41) is 11.2. The molecule has 2 atom stereocenters. The molecule has 8 heteroatoms. The molecule has 1 heterocycles. The fraction of sp³-hybridized carbons (Fsp3) is 0.444. The normalized spacial score (nSPS) is 19.2. The summed E-state index contributed by atoms with van der Waals surface area (Å²) in [7, 11) is 0. The number of rotatable bonds is 6. The fourth-order valence-corrected chi connectivity index (χ4v) is 3.70. The zero-order valence-electron chi connectivity index (χ0n) is 14.5. The minimum Gasteiger partial charge on any atom is -0.450 e. The zero-order chi connectivity index (χ0) is 19.1. The lowest BCUT2D eigenvalue weighted by Crippen LogP contribution is -2.48. The third-order valence-electron chi connectivity index (χ3n) is 4.27. The molecule has 0 spiro atoms. The minimum atomic E-state index is -0.645. The first kappa shape index (κ1) is 20.1. The Kier molecular flexibility index (Phi) is 7.32. The molecule has 0 radical (unpaired) electrons. The number of nitro groups is 1. The third-order valence-corrected chi connectivity index (χ3v) is 5.09. The van der Waals surface area contributed by atoms with Gasteiger partial charge in [-0.25, -0.2) is 4.79 Å². The molecule has 1 aliphatic heterocycles. The molecule has 0 aromatic heterocycles. The van der Waals surface area contributed by atoms with Gasteiger partial charge in [-0.1, -0.05) is 46.3 Å². The number of halogens is 1. The molecular weight excluding hydrogens is 404 g/mol. The predicted octanol–water partition coefficient (Wildman–Crippen LogP) is 3.36. The number of Topliss-reactive ketones (excluding diaryl/α,β-unsaturated/α-hetero) is 1. The molecule has 26 heavy (non-hydrogen) atoms. The topological polar surface area (TPSA) is 89.8 Å². The van der Waals surface area contributed by atoms with Crippen LogP contribution in [-0.4, -0.2) is 47.9 Å². The highest BCUT2D eigenvalue weighted by Crippen LogP contribution is 2.32. The van der Waals surface area contributed by atoms with Gasteiger partial charge in [-0.15, -0.1) is 0 Å². The summed E-state index contributed by atoms with van der Waals surface area (Å²) in [6.07, 6.45) is 1.46. The van der Waals surface area contributed by atoms with Crippen LogP contribution in [0.5, 0.6) is 0 Å². The van der Waals surface area contributed by atoms with Crippen molar-refractivity contribution in [1.29, 1.82) is 0 Å². The van der Waals surface area contributed by atoms with E-state index in [0.717, 1.165) is 5.56 Å². The quantitative estimate of drug-likeness (QED) is 0.515. The molecule has 0 unspecified atom stereocenters. The van der Waals surface area contributed by atoms with Gasteiger partial charge in [-0.05, 0) is 18.6 Å². The van der Waals surface area contributed by atoms with Crippen molar-refractivity contribution >= 4 is 33.9 Å². The van der Waals surface area contributed by atoms with Crippen molar-refractivity contribution in [3.63, 3.8) is 0 Å². The highest BCUT2D eigenvalue weighted by molar-refractivity contribution is 9.11. The van der Waals surface area contributed by atoms with Gasteiger partial charge in [-0.2, -0.15) is 0 Å². The standard InChI is InChI=1S/C18H21BrN2O5/c1-2-26-18(23)20-9-8-17(22)15(11-20)14(12-21(24)25)16(19)10-13-6-4-3-5-7-13/h3-7,10,14-15H,2,8-9,11-12H2,1H3/b16-10-/t14-,15+/m1/s1. The lowest BCUT2D eigenvalue weighted by molar-refractivity contribution is -0.487. The van der Waals surface area contributed by atoms with Gasteiger partial charge in [0.05, 0.1) is 12.5 Å². The van der Waals surface area contributed by atoms with Crippen LogP contribution >= 0.6 is 15.9 Å². The summed E-state index contributed by atoms with van der Waals surface area (Å²) in [6, 6.07) is 9.35. The number of amides is 1. The van der Waals surface area contributed by atoms with Crippen LogP contribution in [0.3, 0.4) is 0 Å². The Morgan fingerprint density at radius 3 is 2.77 bits per heavy atom. The minimum absolute atomic E-state index is 0.0733. The predicted molar refractivity (Wildman–Crippen MR) is 100 cm³/mol. The number of ketones is 1. The van der Waals surface area contributed by atoms with Crippen LogP contribution in [0.25, 0.3) is 6.08 Å². The molecule has 1 fully saturated rings. The summed E-state index contributed by atoms with van der Waals surface area (Å²) in [5.74, 6) is -1.36. The number of piperidine rings is 1. The van der Waals surface area contributed by atoms with Crippen LogP contribution in [-0.2, 0) is 9.53 Å². The van der Waals surface area contributed by atoms with Gasteiger partial charge in [0.2, 0.25) is 6.54 Å². The van der Waals surface area contributed by atoms with E-state index in [9.17, 15) is 19.7 Å². The van der Waals surface area contributed by atoms with Crippen molar-refractivity contribution in [2.45, 2.75) is 13.3 Å². The maximum absolute atomic E-state index is 12.5. The molecule has 0 N–H and O–H groups in total. The van der Waals surface area contributed by atoms with Gasteiger partial charge in [0, 0.05) is 34.8 Å². The summed E-state index contributed by atoms with van der Waals surface area (Å²) in [6.45, 7) is 1.95. The van der Waals surface area contributed by atoms with Crippen molar-refractivity contribution < 1.29 is 19.2 Å². The Balaban J connectivity index is 2.26. The van der Waals surface area contributed by atoms with E-state index >= 15 is 0 Å². The number of carbonyl (C=O) groups is 2. The number of hydrogen-bond donors (Lipinski definition) is 0. The molecule has 0 bridgehead atoms. The lowest BCUT2D eigenvalue weighted by Gasteiger charge is -2.34. The van der Waals surface area contributed by atoms with E-state index in [2.05, 4.69) is 15.9 Å². The smallest absolute Gasteiger partial charge is 0.409 e. The summed E-state index contributed by atoms with van der Waals surface area (Å²) in [5.41, 5.74) is 0.873. The van der Waals surface area contributed by atoms with Crippen molar-refractivity contribution in [2.75, 3.05) is 26.2 Å². The van der Waals surface area contributed by atoms with Crippen LogP contribution in [0.15, 0.2) is 34.8 Å². The zero-order valence-corrected chi connectivity index (χ0v) is 16.1. The maximum atomic E-state index is 12.5. The van der Waals surface area contributed by atoms with Crippen molar-refractivity contribution in [3.05, 3.63) is 50.5 Å². The molecule has 140 valence electrons. The fourth-order valence-electron chi connectivity index (χ4n) is 2.98. The molecule has 7 nitrogen and oxygen atoms in total. The van der Waals surface area contributed by atoms with Crippen LogP contribution < -0.4 is 0 Å². The molecule has 1 saturated heterocycles. The van der Waals surface area contributed by atoms with Crippen LogP contribution in [0.2, 0.25) is 0 Å². The molecule has 1 aromatic carbocycles. The second-order valence-electron chi connectivity index (χ2n) is 6.03. The molecule has 1 aliphatic rings. The Morgan fingerprint density at radius 2 is 2.15 bits per heavy atom. The molecule has 2 rings (SSSR count). The molecule has 1 aromatic rings. The van der Waals surface area contributed by atoms with Gasteiger partial charge in [-0.3, -0.25) is 14.9 Å². The van der Waals surface area contributed by atoms with Gasteiger partial charge < -0.3 is 9.64 Å². The Labute approximate surface area is 160 Å². The number of carbonyl (C=O) groups excluding carboxylic acids is 2. The summed E-state index contributed by atoms with van der Waals surface area (Å²) < 4.78 is 5.57. The van der Waals surface area contributed by atoms with E-state index in [1.165, 1.54) is 4.90 Å². The molecule has 0 saturated carbocycles. The highest BCUT2D eigenvalue weighted by Gasteiger charge is 2.39. The number of hydrogen-bond acceptors (Lipinski definition) is 5. The summed E-state index contributed by atoms with van der Waals surface area (Å²) in [4.78, 5) is 36.6. The Bertz CT molecular complexity index is 692. The van der Waals surface area contributed by atoms with Crippen molar-refractivity contribution in [3.8, 4) is 0 Å². The maximum Gasteiger partial charge on any atom is 0.409 e. The van der Waals surface area contributed by atoms with E-state index in [4.69, 9.17) is 4.74 Å². The van der Waals surface area contributed by atoms with E-state index < -0.39 is 29.4 Å². The lowest BCUT2D eigenvalue weighted by atomic mass is 9.83. The van der Waals surface area contributed by atoms with E-state index in [-0.39, 0.29) is 31.9 Å². The van der Waals surface area contributed by atoms with Gasteiger partial charge >= 0.3 is 6.09 Å². The Hall–Kier alpha value is -2.22. The largest absolute Gasteiger partial charge is 0.450 e. The monoisotopic (exact) mass is 424 g/mol. The first-order valence-electron chi connectivity index (χ1n) is 8.40. The molecular formula is C18H21BrN2O5. The second-order valence-corrected chi connectivity index (χ2v) is 6.95. The Morgan fingerprint density at radius 1 is 1.46 bits per heavy atom. The highest BCUT2D eigenvalue weighted by atomic mass is 79.9. The van der Waals surface area contributed by atoms with Gasteiger partial charge in [0.1, 0.15) is 5.78 Å². The van der Waals surface area contributed by atoms with E-state index in [0.29, 0.717) is 4.48 Å². The van der Waals surface area contributed by atoms with Crippen molar-refractivity contribution in [2.24, 2.45) is 11.8 Å². The van der Waals surface area contributed by atoms with Gasteiger partial charge in [0.25, 0.3) is 0 Å². The van der Waals surface area contributed by atoms with E-state index in [1.54, 1.807) is 13.0 Å². The number of nitrogens with zero attached hydrogens (tertiary/aromatic N) is 2. The van der Waals surface area contributed by atoms with E-state index in [1.807, 2.05) is 30.3 Å². The van der Waals surface area contributed by atoms with Gasteiger partial charge in [0.15, 0.2) is 0 Å². The van der Waals surface area contributed by atoms with Crippen molar-refractivity contribution in [1.82, 2.24) is 4.90 Å². The SMILES string of the molecule is CCOC(=O)N1CCC(=O)[C@H]([C@@H](C[N+](=O)[O-])/C(Br)=C/c2ccccc2)C1. The van der Waals surface area contributed by atoms with Crippen LogP contribution in [0.4, 0.5) is 4.79 Å². The summed E-state index contributed by atoms with van der Waals surface area (Å²) >= 11 is 3.43. The number of benzene rings is 1. The third kappa shape index (κ3) is 5.39. The average molecular weight is 425 g/mol. The first-order chi connectivity index (χ1) is 12.4. The van der Waals surface area contributed by atoms with Crippen LogP contribution in [0.1, 0.15) is 18.9 Å². The number of likely N-dealkylation sites (tertiary alicyclic amines) is 1. The molecule has 1 amide bonds. The average Bonchev–Trinajstić information content (AvgIpc) is 2.61. The number of ether oxygens (including phenoxy) is 1. The molecule has 0 aliphatic carbocycles. The van der Waals surface area contributed by atoms with Crippen LogP contribution in [0, 0.1) is 22.0 Å². The second kappa shape index (κ2) is 9.47. The first-order valence-corrected chi connectivity index (χ1v) is 9.20.